The second-order valence-corrected chi connectivity index (χ2v) is 8.18. The Morgan fingerprint density at radius 2 is 1.83 bits per heavy atom. The van der Waals surface area contributed by atoms with E-state index < -0.39 is 11.6 Å². The van der Waals surface area contributed by atoms with Crippen LogP contribution in [0, 0.1) is 17.6 Å². The van der Waals surface area contributed by atoms with Gasteiger partial charge in [0.15, 0.2) is 11.6 Å². The third kappa shape index (κ3) is 4.46. The molecule has 1 aliphatic heterocycles. The van der Waals surface area contributed by atoms with Gasteiger partial charge in [0.1, 0.15) is 10.8 Å². The molecule has 156 valence electrons. The molecule has 1 aromatic carbocycles. The minimum absolute atomic E-state index is 0.0158. The molecule has 4 rings (SSSR count). The van der Waals surface area contributed by atoms with E-state index in [-0.39, 0.29) is 23.9 Å². The fourth-order valence-corrected chi connectivity index (χ4v) is 4.55. The number of benzene rings is 1. The van der Waals surface area contributed by atoms with Crippen LogP contribution in [0.15, 0.2) is 24.5 Å². The Balaban J connectivity index is 1.38. The lowest BCUT2D eigenvalue weighted by atomic mass is 9.85. The largest absolute Gasteiger partial charge is 0.381 e. The number of nitrogens with one attached hydrogen (secondary N) is 1. The van der Waals surface area contributed by atoms with E-state index in [0.29, 0.717) is 29.6 Å². The number of carbonyl (C=O) groups excluding carboxylic acids is 1. The molecule has 8 heteroatoms. The number of amides is 1. The van der Waals surface area contributed by atoms with Crippen molar-refractivity contribution in [2.75, 3.05) is 13.2 Å². The molecule has 0 radical (unpaired) electrons. The van der Waals surface area contributed by atoms with Crippen molar-refractivity contribution >= 4 is 17.5 Å². The molecule has 2 aliphatic rings. The summed E-state index contributed by atoms with van der Waals surface area (Å²) in [4.78, 5) is 16.9. The zero-order valence-electron chi connectivity index (χ0n) is 16.0. The van der Waals surface area contributed by atoms with E-state index in [0.717, 1.165) is 50.7 Å². The summed E-state index contributed by atoms with van der Waals surface area (Å²) in [5.41, 5.74) is 0.877. The van der Waals surface area contributed by atoms with E-state index >= 15 is 0 Å². The van der Waals surface area contributed by atoms with Crippen LogP contribution in [0.25, 0.3) is 11.3 Å². The first-order chi connectivity index (χ1) is 14.0. The molecule has 1 N–H and O–H groups in total. The van der Waals surface area contributed by atoms with Crippen molar-refractivity contribution in [3.05, 3.63) is 41.3 Å². The fraction of sp³-hybridized carbons (Fsp3) is 0.524. The fourth-order valence-electron chi connectivity index (χ4n) is 4.21. The summed E-state index contributed by atoms with van der Waals surface area (Å²) in [6.07, 6.45) is 6.60. The van der Waals surface area contributed by atoms with Gasteiger partial charge in [-0.25, -0.2) is 13.8 Å². The Bertz CT molecular complexity index is 875. The van der Waals surface area contributed by atoms with Crippen LogP contribution in [0.3, 0.4) is 0 Å². The number of halogens is 3. The number of imidazole rings is 1. The van der Waals surface area contributed by atoms with E-state index in [9.17, 15) is 13.6 Å². The Morgan fingerprint density at radius 1 is 1.10 bits per heavy atom. The Morgan fingerprint density at radius 3 is 2.52 bits per heavy atom. The van der Waals surface area contributed by atoms with Crippen molar-refractivity contribution in [3.63, 3.8) is 0 Å². The van der Waals surface area contributed by atoms with Gasteiger partial charge in [0.25, 0.3) is 0 Å². The van der Waals surface area contributed by atoms with Gasteiger partial charge in [-0.1, -0.05) is 11.6 Å². The monoisotopic (exact) mass is 423 g/mol. The summed E-state index contributed by atoms with van der Waals surface area (Å²) < 4.78 is 34.0. The number of carbonyl (C=O) groups is 1. The molecule has 0 unspecified atom stereocenters. The number of hydrogen-bond acceptors (Lipinski definition) is 3. The molecular formula is C21H24ClF2N3O2. The highest BCUT2D eigenvalue weighted by Crippen LogP contribution is 2.37. The Labute approximate surface area is 173 Å². The lowest BCUT2D eigenvalue weighted by molar-refractivity contribution is -0.127. The lowest BCUT2D eigenvalue weighted by Crippen LogP contribution is -2.42. The van der Waals surface area contributed by atoms with E-state index in [1.165, 1.54) is 6.07 Å². The number of rotatable bonds is 4. The van der Waals surface area contributed by atoms with Gasteiger partial charge in [0, 0.05) is 36.8 Å². The first-order valence-electron chi connectivity index (χ1n) is 10.1. The lowest BCUT2D eigenvalue weighted by Gasteiger charge is -2.31. The second kappa shape index (κ2) is 8.79. The molecule has 0 atom stereocenters. The first-order valence-corrected chi connectivity index (χ1v) is 10.5. The van der Waals surface area contributed by atoms with Gasteiger partial charge in [-0.15, -0.1) is 0 Å². The maximum atomic E-state index is 13.5. The summed E-state index contributed by atoms with van der Waals surface area (Å²) in [6, 6.07) is 4.00. The van der Waals surface area contributed by atoms with Crippen LogP contribution in [0.5, 0.6) is 0 Å². The van der Waals surface area contributed by atoms with Gasteiger partial charge >= 0.3 is 0 Å². The van der Waals surface area contributed by atoms with Gasteiger partial charge < -0.3 is 14.6 Å². The topological polar surface area (TPSA) is 56.1 Å². The molecule has 1 aromatic heterocycles. The molecule has 29 heavy (non-hydrogen) atoms. The molecule has 2 fully saturated rings. The quantitative estimate of drug-likeness (QED) is 0.787. The minimum atomic E-state index is -0.927. The van der Waals surface area contributed by atoms with Crippen LogP contribution in [-0.2, 0) is 9.53 Å². The highest BCUT2D eigenvalue weighted by atomic mass is 35.5. The molecule has 0 spiro atoms. The van der Waals surface area contributed by atoms with Crippen molar-refractivity contribution in [1.82, 2.24) is 14.9 Å². The molecule has 0 bridgehead atoms. The van der Waals surface area contributed by atoms with Crippen LogP contribution in [-0.4, -0.2) is 34.7 Å². The predicted molar refractivity (Wildman–Crippen MR) is 106 cm³/mol. The number of ether oxygens (including phenoxy) is 1. The zero-order chi connectivity index (χ0) is 20.4. The second-order valence-electron chi connectivity index (χ2n) is 7.82. The number of nitrogens with zero attached hydrogens (tertiary/aromatic N) is 2. The van der Waals surface area contributed by atoms with E-state index in [1.54, 1.807) is 6.33 Å². The third-order valence-electron chi connectivity index (χ3n) is 5.95. The van der Waals surface area contributed by atoms with Crippen molar-refractivity contribution in [1.29, 1.82) is 0 Å². The average Bonchev–Trinajstić information content (AvgIpc) is 3.12. The summed E-state index contributed by atoms with van der Waals surface area (Å²) in [5.74, 6) is -1.68. The summed E-state index contributed by atoms with van der Waals surface area (Å²) in [5, 5.41) is 3.57. The van der Waals surface area contributed by atoms with Crippen molar-refractivity contribution in [3.8, 4) is 11.3 Å². The Hall–Kier alpha value is -1.99. The van der Waals surface area contributed by atoms with Crippen molar-refractivity contribution < 1.29 is 18.3 Å². The maximum Gasteiger partial charge on any atom is 0.223 e. The normalized spacial score (nSPS) is 23.1. The van der Waals surface area contributed by atoms with Crippen molar-refractivity contribution in [2.45, 2.75) is 50.6 Å². The molecule has 2 heterocycles. The Kier molecular flexibility index (Phi) is 6.15. The maximum absolute atomic E-state index is 13.5. The summed E-state index contributed by atoms with van der Waals surface area (Å²) >= 11 is 6.51. The summed E-state index contributed by atoms with van der Waals surface area (Å²) in [7, 11) is 0. The molecular weight excluding hydrogens is 400 g/mol. The SMILES string of the molecule is O=C(NC1CCOCC1)C1CCC(n2cnc(-c3ccc(F)c(F)c3)c2Cl)CC1. The van der Waals surface area contributed by atoms with Crippen LogP contribution in [0.2, 0.25) is 5.15 Å². The smallest absolute Gasteiger partial charge is 0.223 e. The van der Waals surface area contributed by atoms with E-state index in [1.807, 2.05) is 4.57 Å². The number of hydrogen-bond donors (Lipinski definition) is 1. The highest BCUT2D eigenvalue weighted by molar-refractivity contribution is 6.32. The van der Waals surface area contributed by atoms with Gasteiger partial charge in [-0.05, 0) is 56.7 Å². The molecule has 1 saturated carbocycles. The van der Waals surface area contributed by atoms with Crippen LogP contribution >= 0.6 is 11.6 Å². The minimum Gasteiger partial charge on any atom is -0.381 e. The standard InChI is InChI=1S/C21H24ClF2N3O2/c22-20-19(14-3-6-17(23)18(24)11-14)25-12-27(20)16-4-1-13(2-5-16)21(28)26-15-7-9-29-10-8-15/h3,6,11-13,15-16H,1-2,4-5,7-10H2,(H,26,28). The van der Waals surface area contributed by atoms with Crippen LogP contribution in [0.4, 0.5) is 8.78 Å². The predicted octanol–water partition coefficient (Wildman–Crippen LogP) is 4.51. The van der Waals surface area contributed by atoms with Gasteiger partial charge in [0.05, 0.1) is 6.33 Å². The average molecular weight is 424 g/mol. The van der Waals surface area contributed by atoms with Crippen LogP contribution in [0.1, 0.15) is 44.6 Å². The molecule has 1 amide bonds. The first kappa shape index (κ1) is 20.3. The molecule has 5 nitrogen and oxygen atoms in total. The van der Waals surface area contributed by atoms with E-state index in [4.69, 9.17) is 16.3 Å². The molecule has 2 aromatic rings. The zero-order valence-corrected chi connectivity index (χ0v) is 16.8. The van der Waals surface area contributed by atoms with E-state index in [2.05, 4.69) is 10.3 Å². The van der Waals surface area contributed by atoms with Crippen molar-refractivity contribution in [2.24, 2.45) is 5.92 Å². The number of aromatic nitrogens is 2. The van der Waals surface area contributed by atoms with Gasteiger partial charge in [-0.3, -0.25) is 4.79 Å². The third-order valence-corrected chi connectivity index (χ3v) is 6.33. The van der Waals surface area contributed by atoms with Gasteiger partial charge in [0.2, 0.25) is 5.91 Å². The molecule has 1 saturated heterocycles. The van der Waals surface area contributed by atoms with Crippen LogP contribution < -0.4 is 5.32 Å². The highest BCUT2D eigenvalue weighted by Gasteiger charge is 2.30. The molecule has 1 aliphatic carbocycles. The summed E-state index contributed by atoms with van der Waals surface area (Å²) in [6.45, 7) is 1.41. The van der Waals surface area contributed by atoms with Gasteiger partial charge in [-0.2, -0.15) is 0 Å².